The summed E-state index contributed by atoms with van der Waals surface area (Å²) in [5.41, 5.74) is 5.28. The molecule has 0 fully saturated rings. The summed E-state index contributed by atoms with van der Waals surface area (Å²) in [4.78, 5) is 0. The Bertz CT molecular complexity index is 457. The Labute approximate surface area is 97.8 Å². The third-order valence-corrected chi connectivity index (χ3v) is 4.31. The fraction of sp³-hybridized carbons (Fsp3) is 0.467. The lowest BCUT2D eigenvalue weighted by molar-refractivity contribution is 0.465. The Morgan fingerprint density at radius 1 is 1.19 bits per heavy atom. The maximum absolute atomic E-state index is 9.81. The second-order valence-corrected chi connectivity index (χ2v) is 5.24. The molecule has 0 aliphatic heterocycles. The van der Waals surface area contributed by atoms with Crippen LogP contribution in [-0.2, 0) is 5.41 Å². The number of phenolic OH excluding ortho intramolecular Hbond substituents is 1. The van der Waals surface area contributed by atoms with Crippen LogP contribution in [0.1, 0.15) is 44.7 Å². The molecule has 0 saturated carbocycles. The lowest BCUT2D eigenvalue weighted by atomic mass is 9.77. The van der Waals surface area contributed by atoms with Crippen LogP contribution in [-0.4, -0.2) is 5.11 Å². The number of benzene rings is 1. The highest BCUT2D eigenvalue weighted by Gasteiger charge is 2.34. The highest BCUT2D eigenvalue weighted by atomic mass is 16.3. The van der Waals surface area contributed by atoms with Crippen LogP contribution in [0.5, 0.6) is 5.75 Å². The zero-order valence-corrected chi connectivity index (χ0v) is 10.6. The summed E-state index contributed by atoms with van der Waals surface area (Å²) in [6.45, 7) is 8.65. The third kappa shape index (κ3) is 1.55. The SMILES string of the molecule is CC1=C(C)C(C)(c2ccc(C)c(O)c2)CC1. The van der Waals surface area contributed by atoms with Crippen LogP contribution in [0.4, 0.5) is 0 Å². The molecule has 0 heterocycles. The molecule has 1 aromatic rings. The summed E-state index contributed by atoms with van der Waals surface area (Å²) in [5, 5.41) is 9.81. The van der Waals surface area contributed by atoms with Gasteiger partial charge in [-0.1, -0.05) is 30.2 Å². The Kier molecular flexibility index (Phi) is 2.57. The fourth-order valence-corrected chi connectivity index (χ4v) is 2.60. The van der Waals surface area contributed by atoms with E-state index in [1.54, 1.807) is 0 Å². The van der Waals surface area contributed by atoms with Crippen molar-refractivity contribution in [2.75, 3.05) is 0 Å². The normalized spacial score (nSPS) is 25.2. The number of phenols is 1. The van der Waals surface area contributed by atoms with E-state index in [2.05, 4.69) is 26.8 Å². The molecule has 0 bridgehead atoms. The van der Waals surface area contributed by atoms with E-state index in [4.69, 9.17) is 0 Å². The molecule has 1 aromatic carbocycles. The van der Waals surface area contributed by atoms with Crippen molar-refractivity contribution in [3.8, 4) is 5.75 Å². The minimum atomic E-state index is 0.120. The largest absolute Gasteiger partial charge is 0.508 e. The molecule has 1 heteroatoms. The van der Waals surface area contributed by atoms with Crippen molar-refractivity contribution < 1.29 is 5.11 Å². The number of allylic oxidation sites excluding steroid dienone is 2. The molecular weight excluding hydrogens is 196 g/mol. The summed E-state index contributed by atoms with van der Waals surface area (Å²) in [7, 11) is 0. The Balaban J connectivity index is 2.49. The van der Waals surface area contributed by atoms with Crippen LogP contribution >= 0.6 is 0 Å². The van der Waals surface area contributed by atoms with Gasteiger partial charge < -0.3 is 5.11 Å². The van der Waals surface area contributed by atoms with Gasteiger partial charge in [0, 0.05) is 5.41 Å². The quantitative estimate of drug-likeness (QED) is 0.701. The van der Waals surface area contributed by atoms with Crippen molar-refractivity contribution in [3.63, 3.8) is 0 Å². The zero-order valence-electron chi connectivity index (χ0n) is 10.6. The molecule has 2 rings (SSSR count). The average molecular weight is 216 g/mol. The highest BCUT2D eigenvalue weighted by molar-refractivity contribution is 5.45. The monoisotopic (exact) mass is 216 g/mol. The molecule has 1 N–H and O–H groups in total. The Morgan fingerprint density at radius 3 is 2.38 bits per heavy atom. The van der Waals surface area contributed by atoms with E-state index in [0.717, 1.165) is 12.0 Å². The van der Waals surface area contributed by atoms with E-state index < -0.39 is 0 Å². The number of aromatic hydroxyl groups is 1. The predicted octanol–water partition coefficient (Wildman–Crippen LogP) is 4.09. The van der Waals surface area contributed by atoms with Crippen molar-refractivity contribution in [3.05, 3.63) is 40.5 Å². The summed E-state index contributed by atoms with van der Waals surface area (Å²) in [5.74, 6) is 0.413. The molecular formula is C15H20O. The predicted molar refractivity (Wildman–Crippen MR) is 67.8 cm³/mol. The van der Waals surface area contributed by atoms with Gasteiger partial charge in [0.25, 0.3) is 0 Å². The van der Waals surface area contributed by atoms with Gasteiger partial charge in [-0.25, -0.2) is 0 Å². The van der Waals surface area contributed by atoms with Crippen LogP contribution in [0, 0.1) is 6.92 Å². The van der Waals surface area contributed by atoms with Gasteiger partial charge in [-0.2, -0.15) is 0 Å². The van der Waals surface area contributed by atoms with Gasteiger partial charge in [-0.15, -0.1) is 0 Å². The second kappa shape index (κ2) is 3.65. The topological polar surface area (TPSA) is 20.2 Å². The van der Waals surface area contributed by atoms with Crippen LogP contribution in [0.3, 0.4) is 0 Å². The van der Waals surface area contributed by atoms with E-state index in [1.165, 1.54) is 23.1 Å². The first-order chi connectivity index (χ1) is 7.45. The van der Waals surface area contributed by atoms with Crippen molar-refractivity contribution in [1.29, 1.82) is 0 Å². The summed E-state index contributed by atoms with van der Waals surface area (Å²) in [6, 6.07) is 6.09. The molecule has 1 atom stereocenters. The van der Waals surface area contributed by atoms with Gasteiger partial charge in [0.1, 0.15) is 5.75 Å². The van der Waals surface area contributed by atoms with Crippen molar-refractivity contribution in [2.45, 2.75) is 46.0 Å². The van der Waals surface area contributed by atoms with E-state index in [-0.39, 0.29) is 5.41 Å². The molecule has 1 nitrogen and oxygen atoms in total. The summed E-state index contributed by atoms with van der Waals surface area (Å²) < 4.78 is 0. The highest BCUT2D eigenvalue weighted by Crippen LogP contribution is 2.45. The minimum absolute atomic E-state index is 0.120. The van der Waals surface area contributed by atoms with Crippen molar-refractivity contribution >= 4 is 0 Å². The van der Waals surface area contributed by atoms with Gasteiger partial charge >= 0.3 is 0 Å². The van der Waals surface area contributed by atoms with Crippen LogP contribution < -0.4 is 0 Å². The zero-order chi connectivity index (χ0) is 11.9. The molecule has 0 radical (unpaired) electrons. The number of hydrogen-bond acceptors (Lipinski definition) is 1. The van der Waals surface area contributed by atoms with Crippen LogP contribution in [0.2, 0.25) is 0 Å². The molecule has 1 aliphatic carbocycles. The van der Waals surface area contributed by atoms with Gasteiger partial charge in [0.05, 0.1) is 0 Å². The molecule has 1 aliphatic rings. The first-order valence-corrected chi connectivity index (χ1v) is 5.92. The molecule has 0 spiro atoms. The summed E-state index contributed by atoms with van der Waals surface area (Å²) >= 11 is 0. The van der Waals surface area contributed by atoms with Gasteiger partial charge in [-0.3, -0.25) is 0 Å². The Hall–Kier alpha value is -1.24. The molecule has 16 heavy (non-hydrogen) atoms. The van der Waals surface area contributed by atoms with E-state index in [0.29, 0.717) is 5.75 Å². The number of hydrogen-bond donors (Lipinski definition) is 1. The number of rotatable bonds is 1. The van der Waals surface area contributed by atoms with Gasteiger partial charge in [-0.05, 0) is 50.8 Å². The molecule has 0 amide bonds. The Morgan fingerprint density at radius 2 is 1.88 bits per heavy atom. The lowest BCUT2D eigenvalue weighted by Crippen LogP contribution is -2.19. The number of aryl methyl sites for hydroxylation is 1. The first kappa shape index (κ1) is 11.3. The van der Waals surface area contributed by atoms with Crippen LogP contribution in [0.15, 0.2) is 29.3 Å². The average Bonchev–Trinajstić information content (AvgIpc) is 2.52. The smallest absolute Gasteiger partial charge is 0.118 e. The molecule has 86 valence electrons. The van der Waals surface area contributed by atoms with Crippen molar-refractivity contribution in [2.24, 2.45) is 0 Å². The molecule has 1 unspecified atom stereocenters. The fourth-order valence-electron chi connectivity index (χ4n) is 2.60. The van der Waals surface area contributed by atoms with Gasteiger partial charge in [0.2, 0.25) is 0 Å². The third-order valence-electron chi connectivity index (χ3n) is 4.31. The maximum atomic E-state index is 9.81. The second-order valence-electron chi connectivity index (χ2n) is 5.24. The lowest BCUT2D eigenvalue weighted by Gasteiger charge is -2.27. The van der Waals surface area contributed by atoms with E-state index in [1.807, 2.05) is 19.1 Å². The maximum Gasteiger partial charge on any atom is 0.118 e. The molecule has 0 aromatic heterocycles. The van der Waals surface area contributed by atoms with Gasteiger partial charge in [0.15, 0.2) is 0 Å². The van der Waals surface area contributed by atoms with Crippen LogP contribution in [0.25, 0.3) is 0 Å². The first-order valence-electron chi connectivity index (χ1n) is 5.92. The van der Waals surface area contributed by atoms with Crippen molar-refractivity contribution in [1.82, 2.24) is 0 Å². The molecule has 0 saturated heterocycles. The summed E-state index contributed by atoms with van der Waals surface area (Å²) in [6.07, 6.45) is 2.34. The van der Waals surface area contributed by atoms with E-state index in [9.17, 15) is 5.11 Å². The van der Waals surface area contributed by atoms with E-state index >= 15 is 0 Å². The standard InChI is InChI=1S/C15H20O/c1-10-7-8-15(4,12(10)3)13-6-5-11(2)14(16)9-13/h5-6,9,16H,7-8H2,1-4H3. The minimum Gasteiger partial charge on any atom is -0.508 e.